The zero-order chi connectivity index (χ0) is 24.9. The van der Waals surface area contributed by atoms with Crippen molar-refractivity contribution < 1.29 is 19.7 Å². The number of hydrogen-bond acceptors (Lipinski definition) is 6. The van der Waals surface area contributed by atoms with Crippen molar-refractivity contribution in [1.82, 2.24) is 9.78 Å². The van der Waals surface area contributed by atoms with Crippen LogP contribution in [0.15, 0.2) is 57.5 Å². The van der Waals surface area contributed by atoms with Gasteiger partial charge in [-0.3, -0.25) is 9.89 Å². The van der Waals surface area contributed by atoms with Crippen LogP contribution in [0, 0.1) is 6.92 Å². The molecule has 1 aliphatic heterocycles. The van der Waals surface area contributed by atoms with Crippen LogP contribution in [0.25, 0.3) is 11.4 Å². The number of aromatic amines is 1. The van der Waals surface area contributed by atoms with Crippen LogP contribution in [-0.4, -0.2) is 32.1 Å². The maximum atomic E-state index is 13.2. The smallest absolute Gasteiger partial charge is 0.345 e. The van der Waals surface area contributed by atoms with Crippen LogP contribution < -0.4 is 5.56 Å². The lowest BCUT2D eigenvalue weighted by molar-refractivity contribution is -0.145. The molecule has 180 valence electrons. The highest BCUT2D eigenvalue weighted by Crippen LogP contribution is 2.40. The number of H-pyrrole nitrogens is 1. The highest BCUT2D eigenvalue weighted by atomic mass is 16.5. The van der Waals surface area contributed by atoms with Gasteiger partial charge in [-0.1, -0.05) is 26.0 Å². The molecule has 3 N–H and O–H groups in total. The second-order valence-corrected chi connectivity index (χ2v) is 9.57. The maximum absolute atomic E-state index is 13.2. The number of ether oxygens (including phenoxy) is 1. The summed E-state index contributed by atoms with van der Waals surface area (Å²) in [7, 11) is 0. The number of azo groups is 1. The van der Waals surface area contributed by atoms with Crippen LogP contribution in [0.5, 0.6) is 5.75 Å². The van der Waals surface area contributed by atoms with E-state index < -0.39 is 12.1 Å². The normalized spacial score (nSPS) is 18.5. The minimum Gasteiger partial charge on any atom is -0.505 e. The van der Waals surface area contributed by atoms with E-state index >= 15 is 0 Å². The molecule has 1 aromatic heterocycles. The van der Waals surface area contributed by atoms with Crippen LogP contribution in [0.4, 0.5) is 11.4 Å². The molecule has 9 heteroatoms. The van der Waals surface area contributed by atoms with Gasteiger partial charge in [0.05, 0.1) is 16.9 Å². The Morgan fingerprint density at radius 3 is 2.77 bits per heavy atom. The lowest BCUT2D eigenvalue weighted by Gasteiger charge is -2.19. The number of phenolic OH excluding ortho intramolecular Hbond substituents is 1. The number of aromatic nitrogens is 2. The van der Waals surface area contributed by atoms with Crippen LogP contribution >= 0.6 is 0 Å². The Bertz CT molecular complexity index is 1460. The summed E-state index contributed by atoms with van der Waals surface area (Å²) in [6.07, 6.45) is 2.94. The monoisotopic (exact) mass is 474 g/mol. The van der Waals surface area contributed by atoms with Crippen molar-refractivity contribution in [2.24, 2.45) is 10.2 Å². The summed E-state index contributed by atoms with van der Waals surface area (Å²) in [5.41, 5.74) is 4.13. The lowest BCUT2D eigenvalue weighted by Crippen LogP contribution is -2.18. The third kappa shape index (κ3) is 3.92. The van der Waals surface area contributed by atoms with E-state index in [0.717, 1.165) is 18.5 Å². The Balaban J connectivity index is 1.45. The topological polar surface area (TPSA) is 129 Å². The summed E-state index contributed by atoms with van der Waals surface area (Å²) in [4.78, 5) is 24.3. The van der Waals surface area contributed by atoms with E-state index in [1.807, 2.05) is 6.07 Å². The Hall–Kier alpha value is -4.14. The van der Waals surface area contributed by atoms with Gasteiger partial charge in [-0.2, -0.15) is 0 Å². The molecule has 0 bridgehead atoms. The summed E-state index contributed by atoms with van der Waals surface area (Å²) >= 11 is 0. The van der Waals surface area contributed by atoms with E-state index in [-0.39, 0.29) is 40.3 Å². The van der Waals surface area contributed by atoms with E-state index in [1.165, 1.54) is 15.8 Å². The summed E-state index contributed by atoms with van der Waals surface area (Å²) in [6, 6.07) is 10.9. The summed E-state index contributed by atoms with van der Waals surface area (Å²) < 4.78 is 6.87. The molecule has 0 saturated heterocycles. The summed E-state index contributed by atoms with van der Waals surface area (Å²) in [5.74, 6) is -1.01. The predicted octanol–water partition coefficient (Wildman–Crippen LogP) is 5.03. The number of carbonyl (C=O) groups is 1. The molecule has 1 aliphatic carbocycles. The van der Waals surface area contributed by atoms with Crippen molar-refractivity contribution in [3.8, 4) is 11.4 Å². The number of para-hydroxylation sites is 1. The van der Waals surface area contributed by atoms with Crippen LogP contribution in [0.1, 0.15) is 49.1 Å². The Morgan fingerprint density at radius 2 is 2.03 bits per heavy atom. The van der Waals surface area contributed by atoms with Crippen LogP contribution in [-0.2, 0) is 21.4 Å². The molecule has 0 amide bonds. The summed E-state index contributed by atoms with van der Waals surface area (Å²) in [6.45, 7) is 6.16. The molecule has 0 radical (unpaired) electrons. The number of rotatable bonds is 5. The minimum atomic E-state index is -1.07. The average Bonchev–Trinajstić information content (AvgIpc) is 3.50. The average molecular weight is 475 g/mol. The lowest BCUT2D eigenvalue weighted by atomic mass is 9.86. The number of hydrogen-bond donors (Lipinski definition) is 3. The minimum absolute atomic E-state index is 0.0601. The molecule has 2 heterocycles. The van der Waals surface area contributed by atoms with Gasteiger partial charge in [-0.05, 0) is 66.6 Å². The summed E-state index contributed by atoms with van der Waals surface area (Å²) in [5, 5.41) is 31.2. The molecular weight excluding hydrogens is 448 g/mol. The standard InChI is InChI=1S/C26H26N4O5/c1-14-22(24(32)30(29-14)16-8-7-15-11-12-26(2,3)18(15)13-16)28-27-19-6-4-5-17(23(19)31)20-9-10-21(35-20)25(33)34/h4-9,13,21,29,31H,10-12H2,1-3H3,(H,33,34). The van der Waals surface area contributed by atoms with Gasteiger partial charge in [-0.15, -0.1) is 10.2 Å². The van der Waals surface area contributed by atoms with Crippen molar-refractivity contribution >= 4 is 23.1 Å². The first-order valence-corrected chi connectivity index (χ1v) is 11.4. The number of aromatic hydroxyl groups is 1. The maximum Gasteiger partial charge on any atom is 0.345 e. The van der Waals surface area contributed by atoms with Gasteiger partial charge in [0.2, 0.25) is 0 Å². The highest BCUT2D eigenvalue weighted by Gasteiger charge is 2.30. The van der Waals surface area contributed by atoms with Crippen molar-refractivity contribution in [2.75, 3.05) is 0 Å². The van der Waals surface area contributed by atoms with E-state index in [0.29, 0.717) is 11.3 Å². The first-order chi connectivity index (χ1) is 16.7. The third-order valence-corrected chi connectivity index (χ3v) is 6.74. The van der Waals surface area contributed by atoms with Gasteiger partial charge >= 0.3 is 5.97 Å². The number of carboxylic acid groups (broad SMARTS) is 1. The van der Waals surface area contributed by atoms with Gasteiger partial charge in [0.25, 0.3) is 5.56 Å². The molecule has 0 fully saturated rings. The number of aryl methyl sites for hydroxylation is 2. The molecule has 1 atom stereocenters. The van der Waals surface area contributed by atoms with Gasteiger partial charge in [0.15, 0.2) is 17.5 Å². The molecule has 2 aliphatic rings. The van der Waals surface area contributed by atoms with Crippen LogP contribution in [0.3, 0.4) is 0 Å². The van der Waals surface area contributed by atoms with Crippen molar-refractivity contribution in [1.29, 1.82) is 0 Å². The van der Waals surface area contributed by atoms with Crippen molar-refractivity contribution in [2.45, 2.75) is 51.6 Å². The van der Waals surface area contributed by atoms with Crippen molar-refractivity contribution in [3.05, 3.63) is 75.2 Å². The first-order valence-electron chi connectivity index (χ1n) is 11.4. The number of carboxylic acids is 1. The van der Waals surface area contributed by atoms with E-state index in [4.69, 9.17) is 9.84 Å². The Labute approximate surface area is 201 Å². The SMILES string of the molecule is Cc1[nH]n(-c2ccc3c(c2)C(C)(C)CC3)c(=O)c1N=Nc1cccc(C2=CCC(C(=O)O)O2)c1O. The fourth-order valence-corrected chi connectivity index (χ4v) is 4.67. The largest absolute Gasteiger partial charge is 0.505 e. The zero-order valence-corrected chi connectivity index (χ0v) is 19.7. The number of nitrogens with one attached hydrogen (secondary N) is 1. The zero-order valence-electron chi connectivity index (χ0n) is 19.7. The second-order valence-electron chi connectivity index (χ2n) is 9.57. The number of fused-ring (bicyclic) bond motifs is 1. The third-order valence-electron chi connectivity index (χ3n) is 6.74. The number of nitrogens with zero attached hydrogens (tertiary/aromatic N) is 3. The molecule has 35 heavy (non-hydrogen) atoms. The molecule has 9 nitrogen and oxygen atoms in total. The Kier molecular flexibility index (Phi) is 5.35. The van der Waals surface area contributed by atoms with E-state index in [9.17, 15) is 14.7 Å². The fraction of sp³-hybridized carbons (Fsp3) is 0.308. The first kappa shape index (κ1) is 22.6. The predicted molar refractivity (Wildman–Crippen MR) is 130 cm³/mol. The molecule has 1 unspecified atom stereocenters. The van der Waals surface area contributed by atoms with Crippen LogP contribution in [0.2, 0.25) is 0 Å². The molecular formula is C26H26N4O5. The molecule has 0 spiro atoms. The highest BCUT2D eigenvalue weighted by molar-refractivity contribution is 5.79. The van der Waals surface area contributed by atoms with E-state index in [1.54, 1.807) is 31.2 Å². The second kappa shape index (κ2) is 8.26. The number of aliphatic carboxylic acids is 1. The van der Waals surface area contributed by atoms with Gasteiger partial charge in [0, 0.05) is 6.42 Å². The molecule has 2 aromatic carbocycles. The molecule has 0 saturated carbocycles. The molecule has 3 aromatic rings. The Morgan fingerprint density at radius 1 is 1.23 bits per heavy atom. The van der Waals surface area contributed by atoms with Crippen molar-refractivity contribution in [3.63, 3.8) is 0 Å². The number of benzene rings is 2. The van der Waals surface area contributed by atoms with Gasteiger partial charge < -0.3 is 14.9 Å². The van der Waals surface area contributed by atoms with Gasteiger partial charge in [0.1, 0.15) is 11.4 Å². The van der Waals surface area contributed by atoms with Gasteiger partial charge in [-0.25, -0.2) is 9.48 Å². The quantitative estimate of drug-likeness (QED) is 0.447. The van der Waals surface area contributed by atoms with E-state index in [2.05, 4.69) is 41.3 Å². The number of phenols is 1. The fourth-order valence-electron chi connectivity index (χ4n) is 4.67. The molecule has 5 rings (SSSR count).